The molecule has 0 saturated carbocycles. The maximum Gasteiger partial charge on any atom is 0.220 e. The van der Waals surface area contributed by atoms with Gasteiger partial charge in [-0.1, -0.05) is 13.8 Å². The van der Waals surface area contributed by atoms with E-state index in [1.54, 1.807) is 0 Å². The zero-order chi connectivity index (χ0) is 12.5. The first kappa shape index (κ1) is 12.1. The molecule has 1 fully saturated rings. The Morgan fingerprint density at radius 2 is 2.35 bits per heavy atom. The van der Waals surface area contributed by atoms with Crippen molar-refractivity contribution < 1.29 is 4.79 Å². The topological polar surface area (TPSA) is 46.9 Å². The Hall–Kier alpha value is -1.32. The van der Waals surface area contributed by atoms with Gasteiger partial charge in [-0.3, -0.25) is 9.48 Å². The molecule has 17 heavy (non-hydrogen) atoms. The number of hydrogen-bond donors (Lipinski definition) is 1. The standard InChI is InChI=1S/C13H21N3O/c1-4-16-9-11(8-14-16)7-13(10(2)3)6-5-12(17)15-13/h8-10H,4-7H2,1-3H3,(H,15,17). The Labute approximate surface area is 102 Å². The van der Waals surface area contributed by atoms with Gasteiger partial charge in [0.05, 0.1) is 6.20 Å². The molecular weight excluding hydrogens is 214 g/mol. The van der Waals surface area contributed by atoms with E-state index in [1.807, 2.05) is 10.9 Å². The largest absolute Gasteiger partial charge is 0.350 e. The molecular formula is C13H21N3O. The first-order valence-electron chi connectivity index (χ1n) is 6.38. The molecule has 94 valence electrons. The summed E-state index contributed by atoms with van der Waals surface area (Å²) in [7, 11) is 0. The fourth-order valence-corrected chi connectivity index (χ4v) is 2.54. The van der Waals surface area contributed by atoms with E-state index in [4.69, 9.17) is 0 Å². The lowest BCUT2D eigenvalue weighted by Crippen LogP contribution is -2.48. The van der Waals surface area contributed by atoms with Crippen LogP contribution in [0.15, 0.2) is 12.4 Å². The molecule has 0 bridgehead atoms. The van der Waals surface area contributed by atoms with Crippen LogP contribution in [-0.2, 0) is 17.8 Å². The van der Waals surface area contributed by atoms with Crippen LogP contribution in [0.1, 0.15) is 39.2 Å². The summed E-state index contributed by atoms with van der Waals surface area (Å²) in [5.41, 5.74) is 1.14. The first-order chi connectivity index (χ1) is 8.05. The number of carbonyl (C=O) groups is 1. The summed E-state index contributed by atoms with van der Waals surface area (Å²) >= 11 is 0. The highest BCUT2D eigenvalue weighted by Crippen LogP contribution is 2.31. The third-order valence-electron chi connectivity index (χ3n) is 3.82. The third-order valence-corrected chi connectivity index (χ3v) is 3.82. The molecule has 1 amide bonds. The van der Waals surface area contributed by atoms with Gasteiger partial charge in [-0.05, 0) is 31.2 Å². The fraction of sp³-hybridized carbons (Fsp3) is 0.692. The van der Waals surface area contributed by atoms with Gasteiger partial charge in [0, 0.05) is 24.7 Å². The molecule has 1 aromatic heterocycles. The van der Waals surface area contributed by atoms with Gasteiger partial charge >= 0.3 is 0 Å². The average molecular weight is 235 g/mol. The minimum Gasteiger partial charge on any atom is -0.350 e. The van der Waals surface area contributed by atoms with E-state index in [0.717, 1.165) is 19.4 Å². The lowest BCUT2D eigenvalue weighted by atomic mass is 9.80. The van der Waals surface area contributed by atoms with Crippen LogP contribution in [0.4, 0.5) is 0 Å². The van der Waals surface area contributed by atoms with Gasteiger partial charge in [-0.25, -0.2) is 0 Å². The normalized spacial score (nSPS) is 24.4. The highest BCUT2D eigenvalue weighted by atomic mass is 16.2. The molecule has 2 rings (SSSR count). The summed E-state index contributed by atoms with van der Waals surface area (Å²) in [4.78, 5) is 11.5. The van der Waals surface area contributed by atoms with Gasteiger partial charge < -0.3 is 5.32 Å². The second-order valence-corrected chi connectivity index (χ2v) is 5.24. The third kappa shape index (κ3) is 2.35. The Morgan fingerprint density at radius 1 is 1.59 bits per heavy atom. The number of aryl methyl sites for hydroxylation is 1. The summed E-state index contributed by atoms with van der Waals surface area (Å²) in [6.07, 6.45) is 6.46. The number of nitrogens with zero attached hydrogens (tertiary/aromatic N) is 2. The molecule has 0 aliphatic carbocycles. The van der Waals surface area contributed by atoms with E-state index in [2.05, 4.69) is 37.4 Å². The zero-order valence-corrected chi connectivity index (χ0v) is 10.9. The van der Waals surface area contributed by atoms with Crippen molar-refractivity contribution in [1.29, 1.82) is 0 Å². The smallest absolute Gasteiger partial charge is 0.220 e. The van der Waals surface area contributed by atoms with Gasteiger partial charge in [0.1, 0.15) is 0 Å². The number of amides is 1. The predicted octanol–water partition coefficient (Wildman–Crippen LogP) is 1.75. The lowest BCUT2D eigenvalue weighted by Gasteiger charge is -2.33. The minimum absolute atomic E-state index is 0.0707. The van der Waals surface area contributed by atoms with Crippen LogP contribution >= 0.6 is 0 Å². The van der Waals surface area contributed by atoms with Gasteiger partial charge in [0.15, 0.2) is 0 Å². The van der Waals surface area contributed by atoms with Crippen molar-refractivity contribution in [3.63, 3.8) is 0 Å². The quantitative estimate of drug-likeness (QED) is 0.864. The molecule has 1 aromatic rings. The highest BCUT2D eigenvalue weighted by molar-refractivity contribution is 5.79. The SMILES string of the molecule is CCn1cc(CC2(C(C)C)CCC(=O)N2)cn1. The van der Waals surface area contributed by atoms with E-state index in [-0.39, 0.29) is 11.4 Å². The van der Waals surface area contributed by atoms with Crippen LogP contribution in [-0.4, -0.2) is 21.2 Å². The Bertz CT molecular complexity index is 411. The molecule has 1 aliphatic heterocycles. The summed E-state index contributed by atoms with van der Waals surface area (Å²) < 4.78 is 1.93. The van der Waals surface area contributed by atoms with Crippen molar-refractivity contribution >= 4 is 5.91 Å². The van der Waals surface area contributed by atoms with Crippen LogP contribution in [0.2, 0.25) is 0 Å². The van der Waals surface area contributed by atoms with Crippen molar-refractivity contribution in [2.45, 2.75) is 52.1 Å². The molecule has 1 N–H and O–H groups in total. The van der Waals surface area contributed by atoms with E-state index in [9.17, 15) is 4.79 Å². The maximum atomic E-state index is 11.5. The number of rotatable bonds is 4. The minimum atomic E-state index is -0.0707. The summed E-state index contributed by atoms with van der Waals surface area (Å²) in [5.74, 6) is 0.625. The second-order valence-electron chi connectivity index (χ2n) is 5.24. The molecule has 1 unspecified atom stereocenters. The van der Waals surface area contributed by atoms with Gasteiger partial charge in [-0.15, -0.1) is 0 Å². The van der Waals surface area contributed by atoms with E-state index in [0.29, 0.717) is 12.3 Å². The number of nitrogens with one attached hydrogen (secondary N) is 1. The fourth-order valence-electron chi connectivity index (χ4n) is 2.54. The van der Waals surface area contributed by atoms with Crippen molar-refractivity contribution in [2.75, 3.05) is 0 Å². The summed E-state index contributed by atoms with van der Waals surface area (Å²) in [6, 6.07) is 0. The predicted molar refractivity (Wildman–Crippen MR) is 66.6 cm³/mol. The molecule has 1 atom stereocenters. The van der Waals surface area contributed by atoms with Crippen molar-refractivity contribution in [3.05, 3.63) is 18.0 Å². The molecule has 0 aromatic carbocycles. The van der Waals surface area contributed by atoms with Crippen LogP contribution in [0, 0.1) is 5.92 Å². The summed E-state index contributed by atoms with van der Waals surface area (Å²) in [6.45, 7) is 7.32. The van der Waals surface area contributed by atoms with Crippen molar-refractivity contribution in [3.8, 4) is 0 Å². The number of aromatic nitrogens is 2. The van der Waals surface area contributed by atoms with Crippen LogP contribution in [0.3, 0.4) is 0 Å². The van der Waals surface area contributed by atoms with Gasteiger partial charge in [0.2, 0.25) is 5.91 Å². The molecule has 4 nitrogen and oxygen atoms in total. The Balaban J connectivity index is 2.16. The highest BCUT2D eigenvalue weighted by Gasteiger charge is 2.40. The van der Waals surface area contributed by atoms with Crippen LogP contribution < -0.4 is 5.32 Å². The number of carbonyl (C=O) groups excluding carboxylic acids is 1. The molecule has 0 spiro atoms. The van der Waals surface area contributed by atoms with Crippen LogP contribution in [0.5, 0.6) is 0 Å². The molecule has 4 heteroatoms. The molecule has 2 heterocycles. The first-order valence-corrected chi connectivity index (χ1v) is 6.38. The van der Waals surface area contributed by atoms with Crippen molar-refractivity contribution in [2.24, 2.45) is 5.92 Å². The Morgan fingerprint density at radius 3 is 2.82 bits per heavy atom. The van der Waals surface area contributed by atoms with Crippen molar-refractivity contribution in [1.82, 2.24) is 15.1 Å². The van der Waals surface area contributed by atoms with E-state index >= 15 is 0 Å². The Kier molecular flexibility index (Phi) is 3.22. The van der Waals surface area contributed by atoms with Crippen LogP contribution in [0.25, 0.3) is 0 Å². The summed E-state index contributed by atoms with van der Waals surface area (Å²) in [5, 5.41) is 7.46. The van der Waals surface area contributed by atoms with E-state index in [1.165, 1.54) is 5.56 Å². The number of hydrogen-bond acceptors (Lipinski definition) is 2. The lowest BCUT2D eigenvalue weighted by molar-refractivity contribution is -0.120. The average Bonchev–Trinajstić information content (AvgIpc) is 2.87. The molecule has 1 aliphatic rings. The van der Waals surface area contributed by atoms with Gasteiger partial charge in [-0.2, -0.15) is 5.10 Å². The second kappa shape index (κ2) is 4.51. The van der Waals surface area contributed by atoms with E-state index < -0.39 is 0 Å². The molecule has 1 saturated heterocycles. The molecule has 0 radical (unpaired) electrons. The monoisotopic (exact) mass is 235 g/mol. The zero-order valence-electron chi connectivity index (χ0n) is 10.9. The van der Waals surface area contributed by atoms with Gasteiger partial charge in [0.25, 0.3) is 0 Å². The maximum absolute atomic E-state index is 11.5.